The fourth-order valence-electron chi connectivity index (χ4n) is 4.56. The Kier molecular flexibility index (Phi) is 6.74. The number of hydrogen-bond donors (Lipinski definition) is 2. The second kappa shape index (κ2) is 9.26. The Morgan fingerprint density at radius 3 is 2.48 bits per heavy atom. The minimum Gasteiger partial charge on any atom is -0.508 e. The number of phenolic OH excluding ortho intramolecular Hbond substituents is 1. The number of esters is 1. The number of aromatic hydroxyl groups is 1. The summed E-state index contributed by atoms with van der Waals surface area (Å²) in [4.78, 5) is 37.7. The summed E-state index contributed by atoms with van der Waals surface area (Å²) in [5, 5.41) is 16.5. The van der Waals surface area contributed by atoms with Crippen molar-refractivity contribution in [2.45, 2.75) is 38.2 Å². The molecule has 8 heteroatoms. The van der Waals surface area contributed by atoms with Gasteiger partial charge < -0.3 is 19.8 Å². The molecule has 29 heavy (non-hydrogen) atoms. The van der Waals surface area contributed by atoms with Gasteiger partial charge in [-0.1, -0.05) is 6.07 Å². The third-order valence-electron chi connectivity index (χ3n) is 6.09. The Balaban J connectivity index is 0.000000755. The van der Waals surface area contributed by atoms with Gasteiger partial charge in [0.2, 0.25) is 0 Å². The van der Waals surface area contributed by atoms with E-state index >= 15 is 0 Å². The number of amides is 1. The predicted molar refractivity (Wildman–Crippen MR) is 105 cm³/mol. The molecule has 158 valence electrons. The van der Waals surface area contributed by atoms with Crippen LogP contribution in [-0.4, -0.2) is 77.2 Å². The molecule has 3 fully saturated rings. The van der Waals surface area contributed by atoms with Gasteiger partial charge in [0.15, 0.2) is 0 Å². The van der Waals surface area contributed by atoms with Gasteiger partial charge in [0, 0.05) is 31.6 Å². The van der Waals surface area contributed by atoms with E-state index in [4.69, 9.17) is 14.6 Å². The Morgan fingerprint density at radius 2 is 1.86 bits per heavy atom. The molecule has 3 saturated heterocycles. The number of phenols is 1. The summed E-state index contributed by atoms with van der Waals surface area (Å²) in [6.07, 6.45) is 4.56. The van der Waals surface area contributed by atoms with Gasteiger partial charge in [-0.05, 0) is 57.0 Å². The van der Waals surface area contributed by atoms with E-state index in [1.54, 1.807) is 23.1 Å². The molecular weight excluding hydrogens is 376 g/mol. The molecular formula is C21H28N2O6. The Bertz CT molecular complexity index is 738. The van der Waals surface area contributed by atoms with Crippen molar-refractivity contribution in [1.29, 1.82) is 0 Å². The van der Waals surface area contributed by atoms with Crippen LogP contribution in [0, 0.1) is 5.41 Å². The highest BCUT2D eigenvalue weighted by Gasteiger charge is 2.51. The number of ether oxygens (including phenoxy) is 1. The SMILES string of the molecule is O=C(c1cccc(O)c1)N1CCC2(CC1)CC(CN1CCCC1)OC2=O.O=CO. The zero-order valence-electron chi connectivity index (χ0n) is 16.5. The molecule has 0 radical (unpaired) electrons. The molecule has 1 spiro atoms. The number of piperidine rings is 1. The first-order valence-corrected chi connectivity index (χ1v) is 10.1. The van der Waals surface area contributed by atoms with Gasteiger partial charge in [0.25, 0.3) is 12.4 Å². The largest absolute Gasteiger partial charge is 0.508 e. The number of likely N-dealkylation sites (tertiary alicyclic amines) is 2. The normalized spacial score (nSPS) is 23.4. The number of benzene rings is 1. The summed E-state index contributed by atoms with van der Waals surface area (Å²) >= 11 is 0. The maximum Gasteiger partial charge on any atom is 0.312 e. The van der Waals surface area contributed by atoms with Gasteiger partial charge >= 0.3 is 5.97 Å². The van der Waals surface area contributed by atoms with E-state index in [2.05, 4.69) is 4.90 Å². The zero-order valence-corrected chi connectivity index (χ0v) is 16.5. The number of carbonyl (C=O) groups excluding carboxylic acids is 2. The van der Waals surface area contributed by atoms with Crippen LogP contribution < -0.4 is 0 Å². The van der Waals surface area contributed by atoms with Crippen LogP contribution in [0.5, 0.6) is 5.75 Å². The highest BCUT2D eigenvalue weighted by Crippen LogP contribution is 2.43. The molecule has 0 aliphatic carbocycles. The van der Waals surface area contributed by atoms with E-state index in [0.29, 0.717) is 31.5 Å². The van der Waals surface area contributed by atoms with Crippen molar-refractivity contribution < 1.29 is 29.3 Å². The van der Waals surface area contributed by atoms with Crippen LogP contribution >= 0.6 is 0 Å². The number of hydrogen-bond acceptors (Lipinski definition) is 6. The fraction of sp³-hybridized carbons (Fsp3) is 0.571. The van der Waals surface area contributed by atoms with Crippen LogP contribution in [0.1, 0.15) is 42.5 Å². The molecule has 1 unspecified atom stereocenters. The average molecular weight is 404 g/mol. The molecule has 1 amide bonds. The summed E-state index contributed by atoms with van der Waals surface area (Å²) in [5.74, 6) is -0.0738. The van der Waals surface area contributed by atoms with E-state index in [1.807, 2.05) is 0 Å². The van der Waals surface area contributed by atoms with Crippen LogP contribution in [0.3, 0.4) is 0 Å². The molecule has 3 aliphatic heterocycles. The Morgan fingerprint density at radius 1 is 1.21 bits per heavy atom. The van der Waals surface area contributed by atoms with Crippen molar-refractivity contribution in [3.63, 3.8) is 0 Å². The van der Waals surface area contributed by atoms with Gasteiger partial charge in [-0.3, -0.25) is 19.3 Å². The first-order chi connectivity index (χ1) is 14.0. The standard InChI is InChI=1S/C20H26N2O4.CH2O2/c23-16-5-3-4-15(12-16)18(24)22-10-6-20(7-11-22)13-17(26-19(20)25)14-21-8-1-2-9-21;2-1-3/h3-5,12,17,23H,1-2,6-11,13-14H2;1H,(H,2,3). The van der Waals surface area contributed by atoms with Crippen molar-refractivity contribution in [2.75, 3.05) is 32.7 Å². The van der Waals surface area contributed by atoms with Gasteiger partial charge in [-0.2, -0.15) is 0 Å². The summed E-state index contributed by atoms with van der Waals surface area (Å²) in [6, 6.07) is 6.42. The van der Waals surface area contributed by atoms with E-state index in [0.717, 1.165) is 26.1 Å². The predicted octanol–water partition coefficient (Wildman–Crippen LogP) is 1.73. The van der Waals surface area contributed by atoms with Gasteiger partial charge in [0.1, 0.15) is 11.9 Å². The second-order valence-corrected chi connectivity index (χ2v) is 7.97. The molecule has 0 aromatic heterocycles. The number of cyclic esters (lactones) is 1. The monoisotopic (exact) mass is 404 g/mol. The topological polar surface area (TPSA) is 107 Å². The molecule has 1 aromatic rings. The molecule has 3 aliphatic rings. The maximum atomic E-state index is 12.6. The van der Waals surface area contributed by atoms with E-state index in [1.165, 1.54) is 18.9 Å². The average Bonchev–Trinajstić information content (AvgIpc) is 3.31. The van der Waals surface area contributed by atoms with Crippen LogP contribution in [-0.2, 0) is 14.3 Å². The molecule has 3 heterocycles. The van der Waals surface area contributed by atoms with Crippen molar-refractivity contribution >= 4 is 18.3 Å². The smallest absolute Gasteiger partial charge is 0.312 e. The fourth-order valence-corrected chi connectivity index (χ4v) is 4.56. The van der Waals surface area contributed by atoms with Gasteiger partial charge in [-0.25, -0.2) is 0 Å². The molecule has 4 rings (SSSR count). The lowest BCUT2D eigenvalue weighted by molar-refractivity contribution is -0.151. The lowest BCUT2D eigenvalue weighted by atomic mass is 9.76. The third-order valence-corrected chi connectivity index (χ3v) is 6.09. The van der Waals surface area contributed by atoms with Crippen molar-refractivity contribution in [1.82, 2.24) is 9.80 Å². The first-order valence-electron chi connectivity index (χ1n) is 10.1. The number of carbonyl (C=O) groups is 3. The number of rotatable bonds is 3. The highest BCUT2D eigenvalue weighted by molar-refractivity contribution is 5.94. The van der Waals surface area contributed by atoms with Gasteiger partial charge in [0.05, 0.1) is 5.41 Å². The molecule has 1 aromatic carbocycles. The van der Waals surface area contributed by atoms with E-state index < -0.39 is 5.41 Å². The van der Waals surface area contributed by atoms with E-state index in [9.17, 15) is 14.7 Å². The molecule has 1 atom stereocenters. The third kappa shape index (κ3) is 4.87. The van der Waals surface area contributed by atoms with Crippen molar-refractivity contribution in [3.8, 4) is 5.75 Å². The minimum absolute atomic E-state index is 0.00563. The summed E-state index contributed by atoms with van der Waals surface area (Å²) < 4.78 is 5.70. The second-order valence-electron chi connectivity index (χ2n) is 7.97. The quantitative estimate of drug-likeness (QED) is 0.583. The minimum atomic E-state index is -0.417. The lowest BCUT2D eigenvalue weighted by Crippen LogP contribution is -2.45. The van der Waals surface area contributed by atoms with Crippen molar-refractivity contribution in [2.24, 2.45) is 5.41 Å². The maximum absolute atomic E-state index is 12.6. The van der Waals surface area contributed by atoms with E-state index in [-0.39, 0.29) is 30.2 Å². The number of carboxylic acid groups (broad SMARTS) is 1. The molecule has 0 saturated carbocycles. The zero-order chi connectivity index (χ0) is 20.9. The Hall–Kier alpha value is -2.61. The highest BCUT2D eigenvalue weighted by atomic mass is 16.6. The van der Waals surface area contributed by atoms with Crippen LogP contribution in [0.25, 0.3) is 0 Å². The van der Waals surface area contributed by atoms with Gasteiger partial charge in [-0.15, -0.1) is 0 Å². The Labute approximate surface area is 170 Å². The summed E-state index contributed by atoms with van der Waals surface area (Å²) in [6.45, 7) is 3.92. The number of nitrogens with zero attached hydrogens (tertiary/aromatic N) is 2. The first kappa shape index (κ1) is 21.1. The van der Waals surface area contributed by atoms with Crippen molar-refractivity contribution in [3.05, 3.63) is 29.8 Å². The summed E-state index contributed by atoms with van der Waals surface area (Å²) in [7, 11) is 0. The van der Waals surface area contributed by atoms with Crippen LogP contribution in [0.15, 0.2) is 24.3 Å². The molecule has 8 nitrogen and oxygen atoms in total. The lowest BCUT2D eigenvalue weighted by Gasteiger charge is -2.36. The van der Waals surface area contributed by atoms with Crippen LogP contribution in [0.4, 0.5) is 0 Å². The summed E-state index contributed by atoms with van der Waals surface area (Å²) in [5.41, 5.74) is 0.0712. The molecule has 0 bridgehead atoms. The molecule has 2 N–H and O–H groups in total. The van der Waals surface area contributed by atoms with Crippen LogP contribution in [0.2, 0.25) is 0 Å².